The normalized spacial score (nSPS) is 13.9. The fraction of sp³-hybridized carbons (Fsp3) is 0.529. The Bertz CT molecular complexity index is 529. The highest BCUT2D eigenvalue weighted by molar-refractivity contribution is 14.0. The first-order valence-corrected chi connectivity index (χ1v) is 8.03. The average Bonchev–Trinajstić information content (AvgIpc) is 3.39. The standard InChI is InChI=1S/C17H26N4O.HI/c1-3-13-6-4-5-7-15(13)12-21-17(18-2)20-11-10-19-16(22)14-8-9-14;/h4-7,14H,3,8-12H2,1-2H3,(H,19,22)(H2,18,20,21);1H. The molecule has 0 spiro atoms. The number of hydrogen-bond acceptors (Lipinski definition) is 2. The van der Waals surface area contributed by atoms with Crippen molar-refractivity contribution in [3.63, 3.8) is 0 Å². The van der Waals surface area contributed by atoms with Gasteiger partial charge in [0.05, 0.1) is 0 Å². The van der Waals surface area contributed by atoms with E-state index in [1.54, 1.807) is 7.05 Å². The Balaban J connectivity index is 0.00000264. The number of aliphatic imine (C=N–C) groups is 1. The summed E-state index contributed by atoms with van der Waals surface area (Å²) in [7, 11) is 1.75. The van der Waals surface area contributed by atoms with Crippen molar-refractivity contribution < 1.29 is 4.79 Å². The molecule has 2 rings (SSSR count). The van der Waals surface area contributed by atoms with Crippen LogP contribution in [0.5, 0.6) is 0 Å². The quantitative estimate of drug-likeness (QED) is 0.269. The van der Waals surface area contributed by atoms with Crippen LogP contribution in [-0.4, -0.2) is 32.0 Å². The molecule has 1 amide bonds. The number of carbonyl (C=O) groups is 1. The molecule has 0 heterocycles. The lowest BCUT2D eigenvalue weighted by atomic mass is 10.1. The maximum Gasteiger partial charge on any atom is 0.223 e. The molecule has 1 fully saturated rings. The maximum absolute atomic E-state index is 11.5. The molecule has 1 aliphatic carbocycles. The molecule has 0 aliphatic heterocycles. The Morgan fingerprint density at radius 3 is 2.39 bits per heavy atom. The van der Waals surface area contributed by atoms with Crippen LogP contribution in [0.2, 0.25) is 0 Å². The van der Waals surface area contributed by atoms with Crippen LogP contribution in [0.3, 0.4) is 0 Å². The molecule has 1 aliphatic rings. The minimum absolute atomic E-state index is 0. The third-order valence-corrected chi connectivity index (χ3v) is 3.83. The molecule has 0 atom stereocenters. The fourth-order valence-corrected chi connectivity index (χ4v) is 2.33. The lowest BCUT2D eigenvalue weighted by molar-refractivity contribution is -0.122. The molecule has 1 aromatic rings. The van der Waals surface area contributed by atoms with E-state index in [0.29, 0.717) is 13.1 Å². The molecular weight excluding hydrogens is 403 g/mol. The number of benzene rings is 1. The van der Waals surface area contributed by atoms with E-state index in [1.807, 2.05) is 0 Å². The van der Waals surface area contributed by atoms with Crippen molar-refractivity contribution in [1.29, 1.82) is 0 Å². The summed E-state index contributed by atoms with van der Waals surface area (Å²) in [5, 5.41) is 9.46. The predicted molar refractivity (Wildman–Crippen MR) is 105 cm³/mol. The summed E-state index contributed by atoms with van der Waals surface area (Å²) in [4.78, 5) is 15.7. The second-order valence-corrected chi connectivity index (χ2v) is 5.54. The first-order chi connectivity index (χ1) is 10.7. The topological polar surface area (TPSA) is 65.5 Å². The molecule has 5 nitrogen and oxygen atoms in total. The SMILES string of the molecule is CCc1ccccc1CNC(=NC)NCCNC(=O)C1CC1.I. The van der Waals surface area contributed by atoms with Crippen LogP contribution in [-0.2, 0) is 17.8 Å². The molecule has 1 saturated carbocycles. The van der Waals surface area contributed by atoms with Crippen molar-refractivity contribution in [3.8, 4) is 0 Å². The Hall–Kier alpha value is -1.31. The van der Waals surface area contributed by atoms with Crippen molar-refractivity contribution in [2.24, 2.45) is 10.9 Å². The Morgan fingerprint density at radius 1 is 1.13 bits per heavy atom. The van der Waals surface area contributed by atoms with Gasteiger partial charge in [0, 0.05) is 32.6 Å². The number of guanidine groups is 1. The van der Waals surface area contributed by atoms with Gasteiger partial charge in [-0.3, -0.25) is 9.79 Å². The van der Waals surface area contributed by atoms with E-state index >= 15 is 0 Å². The van der Waals surface area contributed by atoms with Crippen molar-refractivity contribution in [1.82, 2.24) is 16.0 Å². The van der Waals surface area contributed by atoms with E-state index in [1.165, 1.54) is 11.1 Å². The number of amides is 1. The van der Waals surface area contributed by atoms with Crippen LogP contribution in [0.15, 0.2) is 29.3 Å². The maximum atomic E-state index is 11.5. The zero-order valence-electron chi connectivity index (χ0n) is 13.9. The van der Waals surface area contributed by atoms with Crippen LogP contribution in [0.4, 0.5) is 0 Å². The monoisotopic (exact) mass is 430 g/mol. The van der Waals surface area contributed by atoms with Gasteiger partial charge in [0.1, 0.15) is 0 Å². The number of carbonyl (C=O) groups excluding carboxylic acids is 1. The van der Waals surface area contributed by atoms with Crippen molar-refractivity contribution in [3.05, 3.63) is 35.4 Å². The number of nitrogens with one attached hydrogen (secondary N) is 3. The molecule has 1 aromatic carbocycles. The number of nitrogens with zero attached hydrogens (tertiary/aromatic N) is 1. The molecule has 128 valence electrons. The van der Waals surface area contributed by atoms with Crippen LogP contribution in [0.25, 0.3) is 0 Å². The second-order valence-electron chi connectivity index (χ2n) is 5.54. The summed E-state index contributed by atoms with van der Waals surface area (Å²) >= 11 is 0. The predicted octanol–water partition coefficient (Wildman–Crippen LogP) is 2.06. The molecular formula is C17H27IN4O. The molecule has 0 unspecified atom stereocenters. The van der Waals surface area contributed by atoms with Crippen LogP contribution in [0.1, 0.15) is 30.9 Å². The summed E-state index contributed by atoms with van der Waals surface area (Å²) in [5.41, 5.74) is 2.64. The van der Waals surface area contributed by atoms with Crippen LogP contribution in [0, 0.1) is 5.92 Å². The molecule has 6 heteroatoms. The third-order valence-electron chi connectivity index (χ3n) is 3.83. The van der Waals surface area contributed by atoms with E-state index in [9.17, 15) is 4.79 Å². The molecule has 0 aromatic heterocycles. The first kappa shape index (κ1) is 19.7. The third kappa shape index (κ3) is 6.76. The number of halogens is 1. The van der Waals surface area contributed by atoms with Crippen LogP contribution >= 0.6 is 24.0 Å². The van der Waals surface area contributed by atoms with Gasteiger partial charge < -0.3 is 16.0 Å². The summed E-state index contributed by atoms with van der Waals surface area (Å²) in [5.74, 6) is 1.20. The van der Waals surface area contributed by atoms with E-state index in [0.717, 1.165) is 31.8 Å². The smallest absolute Gasteiger partial charge is 0.223 e. The van der Waals surface area contributed by atoms with Gasteiger partial charge >= 0.3 is 0 Å². The molecule has 0 radical (unpaired) electrons. The number of rotatable bonds is 7. The lowest BCUT2D eigenvalue weighted by Gasteiger charge is -2.14. The Kier molecular flexibility index (Phi) is 8.98. The van der Waals surface area contributed by atoms with Crippen molar-refractivity contribution >= 4 is 35.8 Å². The van der Waals surface area contributed by atoms with Gasteiger partial charge in [-0.05, 0) is 30.4 Å². The number of aryl methyl sites for hydroxylation is 1. The van der Waals surface area contributed by atoms with Gasteiger partial charge in [-0.25, -0.2) is 0 Å². The zero-order chi connectivity index (χ0) is 15.8. The zero-order valence-corrected chi connectivity index (χ0v) is 16.2. The molecule has 0 bridgehead atoms. The van der Waals surface area contributed by atoms with E-state index in [4.69, 9.17) is 0 Å². The lowest BCUT2D eigenvalue weighted by Crippen LogP contribution is -2.41. The molecule has 3 N–H and O–H groups in total. The van der Waals surface area contributed by atoms with Crippen molar-refractivity contribution in [2.45, 2.75) is 32.7 Å². The van der Waals surface area contributed by atoms with Gasteiger partial charge in [-0.15, -0.1) is 24.0 Å². The van der Waals surface area contributed by atoms with Crippen molar-refractivity contribution in [2.75, 3.05) is 20.1 Å². The highest BCUT2D eigenvalue weighted by Crippen LogP contribution is 2.28. The highest BCUT2D eigenvalue weighted by Gasteiger charge is 2.28. The van der Waals surface area contributed by atoms with Gasteiger partial charge in [-0.1, -0.05) is 31.2 Å². The average molecular weight is 430 g/mol. The van der Waals surface area contributed by atoms with Gasteiger partial charge in [0.2, 0.25) is 5.91 Å². The summed E-state index contributed by atoms with van der Waals surface area (Å²) < 4.78 is 0. The fourth-order valence-electron chi connectivity index (χ4n) is 2.33. The van der Waals surface area contributed by atoms with Gasteiger partial charge in [0.15, 0.2) is 5.96 Å². The van der Waals surface area contributed by atoms with Crippen LogP contribution < -0.4 is 16.0 Å². The van der Waals surface area contributed by atoms with Gasteiger partial charge in [0.25, 0.3) is 0 Å². The molecule has 23 heavy (non-hydrogen) atoms. The Labute approximate surface area is 155 Å². The minimum atomic E-state index is 0. The second kappa shape index (κ2) is 10.5. The Morgan fingerprint density at radius 2 is 1.78 bits per heavy atom. The minimum Gasteiger partial charge on any atom is -0.355 e. The van der Waals surface area contributed by atoms with E-state index < -0.39 is 0 Å². The number of hydrogen-bond donors (Lipinski definition) is 3. The molecule has 0 saturated heterocycles. The summed E-state index contributed by atoms with van der Waals surface area (Å²) in [6.07, 6.45) is 3.11. The highest BCUT2D eigenvalue weighted by atomic mass is 127. The van der Waals surface area contributed by atoms with E-state index in [2.05, 4.69) is 52.1 Å². The van der Waals surface area contributed by atoms with E-state index in [-0.39, 0.29) is 35.8 Å². The first-order valence-electron chi connectivity index (χ1n) is 8.03. The van der Waals surface area contributed by atoms with Gasteiger partial charge in [-0.2, -0.15) is 0 Å². The summed E-state index contributed by atoms with van der Waals surface area (Å²) in [6, 6.07) is 8.41. The largest absolute Gasteiger partial charge is 0.355 e. The summed E-state index contributed by atoms with van der Waals surface area (Å²) in [6.45, 7) is 4.21.